The van der Waals surface area contributed by atoms with E-state index < -0.39 is 0 Å². The average molecular weight is 195 g/mol. The zero-order valence-corrected chi connectivity index (χ0v) is 9.58. The van der Waals surface area contributed by atoms with Crippen molar-refractivity contribution < 1.29 is 0 Å². The Morgan fingerprint density at radius 3 is 2.71 bits per heavy atom. The van der Waals surface area contributed by atoms with Gasteiger partial charge in [-0.25, -0.2) is 0 Å². The molecule has 1 rings (SSSR count). The van der Waals surface area contributed by atoms with Crippen molar-refractivity contribution in [2.24, 2.45) is 0 Å². The molecule has 2 heteroatoms. The molecule has 0 aliphatic carbocycles. The molecule has 81 valence electrons. The highest BCUT2D eigenvalue weighted by Gasteiger charge is 2.21. The van der Waals surface area contributed by atoms with Crippen molar-refractivity contribution in [3.63, 3.8) is 0 Å². The van der Waals surface area contributed by atoms with Gasteiger partial charge in [0.2, 0.25) is 0 Å². The van der Waals surface area contributed by atoms with Crippen LogP contribution in [0.1, 0.15) is 39.0 Å². The van der Waals surface area contributed by atoms with Crippen molar-refractivity contribution in [2.45, 2.75) is 45.2 Å². The molecule has 0 spiro atoms. The van der Waals surface area contributed by atoms with Crippen LogP contribution in [-0.4, -0.2) is 29.6 Å². The summed E-state index contributed by atoms with van der Waals surface area (Å²) in [6, 6.07) is 0. The second-order valence-electron chi connectivity index (χ2n) is 4.03. The quantitative estimate of drug-likeness (QED) is 0.643. The largest absolute Gasteiger partial charge is 0.359 e. The second-order valence-corrected chi connectivity index (χ2v) is 4.03. The topological polar surface area (TPSA) is 6.48 Å². The number of nitrogens with zero attached hydrogens (tertiary/aromatic N) is 2. The third kappa shape index (κ3) is 2.93. The van der Waals surface area contributed by atoms with Gasteiger partial charge in [-0.1, -0.05) is 26.7 Å². The van der Waals surface area contributed by atoms with Gasteiger partial charge < -0.3 is 9.80 Å². The van der Waals surface area contributed by atoms with Gasteiger partial charge in [-0.3, -0.25) is 0 Å². The van der Waals surface area contributed by atoms with Crippen LogP contribution in [0.5, 0.6) is 0 Å². The molecule has 14 heavy (non-hydrogen) atoms. The molecular formula is C12H23N2. The molecule has 0 aromatic rings. The van der Waals surface area contributed by atoms with Crippen LogP contribution in [0.25, 0.3) is 0 Å². The second kappa shape index (κ2) is 5.94. The maximum atomic E-state index is 3.90. The maximum absolute atomic E-state index is 3.90. The number of hydrogen-bond acceptors (Lipinski definition) is 2. The molecule has 1 radical (unpaired) electrons. The van der Waals surface area contributed by atoms with E-state index in [2.05, 4.69) is 43.1 Å². The molecule has 1 atom stereocenters. The van der Waals surface area contributed by atoms with E-state index in [-0.39, 0.29) is 0 Å². The Morgan fingerprint density at radius 2 is 2.07 bits per heavy atom. The fourth-order valence-corrected chi connectivity index (χ4v) is 1.88. The van der Waals surface area contributed by atoms with E-state index >= 15 is 0 Å². The highest BCUT2D eigenvalue weighted by Crippen LogP contribution is 2.19. The van der Waals surface area contributed by atoms with E-state index in [1.807, 2.05) is 0 Å². The Bertz CT molecular complexity index is 177. The lowest BCUT2D eigenvalue weighted by atomic mass is 10.2. The van der Waals surface area contributed by atoms with Gasteiger partial charge in [0.05, 0.1) is 0 Å². The molecule has 0 N–H and O–H groups in total. The summed E-state index contributed by atoms with van der Waals surface area (Å²) >= 11 is 0. The van der Waals surface area contributed by atoms with E-state index in [9.17, 15) is 0 Å². The minimum Gasteiger partial charge on any atom is -0.359 e. The van der Waals surface area contributed by atoms with Crippen molar-refractivity contribution in [3.05, 3.63) is 19.3 Å². The highest BCUT2D eigenvalue weighted by atomic mass is 15.4. The van der Waals surface area contributed by atoms with Crippen LogP contribution in [0, 0.1) is 6.92 Å². The summed E-state index contributed by atoms with van der Waals surface area (Å²) in [5, 5.41) is 0. The normalized spacial score (nSPS) is 20.9. The first-order valence-electron chi connectivity index (χ1n) is 5.74. The lowest BCUT2D eigenvalue weighted by molar-refractivity contribution is 0.161. The van der Waals surface area contributed by atoms with Crippen molar-refractivity contribution in [2.75, 3.05) is 13.6 Å². The zero-order valence-electron chi connectivity index (χ0n) is 9.58. The molecule has 1 heterocycles. The van der Waals surface area contributed by atoms with Crippen molar-refractivity contribution >= 4 is 0 Å². The number of rotatable bonds is 6. The third-order valence-corrected chi connectivity index (χ3v) is 2.83. The Kier molecular flexibility index (Phi) is 4.85. The van der Waals surface area contributed by atoms with E-state index in [4.69, 9.17) is 0 Å². The minimum atomic E-state index is 0.586. The predicted octanol–water partition coefficient (Wildman–Crippen LogP) is 2.84. The molecular weight excluding hydrogens is 172 g/mol. The van der Waals surface area contributed by atoms with Crippen LogP contribution in [0.2, 0.25) is 0 Å². The monoisotopic (exact) mass is 195 g/mol. The summed E-state index contributed by atoms with van der Waals surface area (Å²) in [6.45, 7) is 7.34. The van der Waals surface area contributed by atoms with Crippen LogP contribution >= 0.6 is 0 Å². The molecule has 0 aromatic heterocycles. The van der Waals surface area contributed by atoms with Gasteiger partial charge in [0.1, 0.15) is 6.17 Å². The van der Waals surface area contributed by atoms with E-state index in [1.165, 1.54) is 32.2 Å². The van der Waals surface area contributed by atoms with Crippen molar-refractivity contribution in [3.8, 4) is 0 Å². The summed E-state index contributed by atoms with van der Waals surface area (Å²) in [5.74, 6) is 0. The Labute approximate surface area is 88.6 Å². The van der Waals surface area contributed by atoms with Gasteiger partial charge >= 0.3 is 0 Å². The van der Waals surface area contributed by atoms with Crippen molar-refractivity contribution in [1.82, 2.24) is 9.80 Å². The summed E-state index contributed by atoms with van der Waals surface area (Å²) in [4.78, 5) is 4.77. The Morgan fingerprint density at radius 1 is 1.29 bits per heavy atom. The summed E-state index contributed by atoms with van der Waals surface area (Å²) < 4.78 is 0. The Hall–Kier alpha value is -0.660. The molecule has 1 unspecified atom stereocenters. The number of unbranched alkanes of at least 4 members (excludes halogenated alkanes) is 2. The molecule has 0 saturated heterocycles. The van der Waals surface area contributed by atoms with Crippen LogP contribution in [0.3, 0.4) is 0 Å². The van der Waals surface area contributed by atoms with Gasteiger partial charge in [-0.15, -0.1) is 0 Å². The van der Waals surface area contributed by atoms with Gasteiger partial charge in [0.25, 0.3) is 0 Å². The van der Waals surface area contributed by atoms with Gasteiger partial charge in [-0.05, 0) is 19.3 Å². The van der Waals surface area contributed by atoms with Gasteiger partial charge in [0.15, 0.2) is 0 Å². The van der Waals surface area contributed by atoms with E-state index in [1.54, 1.807) is 0 Å². The third-order valence-electron chi connectivity index (χ3n) is 2.83. The summed E-state index contributed by atoms with van der Waals surface area (Å²) in [5.41, 5.74) is 0. The molecule has 0 saturated carbocycles. The standard InChI is InChI=1S/C12H23N2/c1-4-6-8-12-13(3)10-11-14(12)9-7-5-2/h10-12H,1,4-9H2,2-3H3. The average Bonchev–Trinajstić information content (AvgIpc) is 2.53. The van der Waals surface area contributed by atoms with Crippen LogP contribution in [-0.2, 0) is 0 Å². The minimum absolute atomic E-state index is 0.586. The van der Waals surface area contributed by atoms with E-state index in [0.717, 1.165) is 6.42 Å². The molecule has 1 aliphatic heterocycles. The van der Waals surface area contributed by atoms with Crippen LogP contribution in [0.15, 0.2) is 12.4 Å². The van der Waals surface area contributed by atoms with E-state index in [0.29, 0.717) is 6.17 Å². The SMILES string of the molecule is [CH2]CCCC1N(C)C=CN1CCCC. The Balaban J connectivity index is 2.35. The van der Waals surface area contributed by atoms with Crippen LogP contribution < -0.4 is 0 Å². The fraction of sp³-hybridized carbons (Fsp3) is 0.750. The number of hydrogen-bond donors (Lipinski definition) is 0. The van der Waals surface area contributed by atoms with Crippen molar-refractivity contribution in [1.29, 1.82) is 0 Å². The zero-order chi connectivity index (χ0) is 10.4. The highest BCUT2D eigenvalue weighted by molar-refractivity contribution is 4.95. The molecule has 0 amide bonds. The van der Waals surface area contributed by atoms with Gasteiger partial charge in [-0.2, -0.15) is 0 Å². The smallest absolute Gasteiger partial charge is 0.100 e. The molecule has 0 aromatic carbocycles. The first-order chi connectivity index (χ1) is 6.79. The lowest BCUT2D eigenvalue weighted by Gasteiger charge is -2.30. The molecule has 0 bridgehead atoms. The predicted molar refractivity (Wildman–Crippen MR) is 61.5 cm³/mol. The van der Waals surface area contributed by atoms with Gasteiger partial charge in [0, 0.05) is 26.0 Å². The first-order valence-corrected chi connectivity index (χ1v) is 5.74. The molecule has 1 aliphatic rings. The van der Waals surface area contributed by atoms with Crippen LogP contribution in [0.4, 0.5) is 0 Å². The maximum Gasteiger partial charge on any atom is 0.100 e. The fourth-order valence-electron chi connectivity index (χ4n) is 1.88. The molecule has 2 nitrogen and oxygen atoms in total. The summed E-state index contributed by atoms with van der Waals surface area (Å²) in [6.07, 6.45) is 11.1. The summed E-state index contributed by atoms with van der Waals surface area (Å²) in [7, 11) is 2.16. The first kappa shape index (κ1) is 11.4. The lowest BCUT2D eigenvalue weighted by Crippen LogP contribution is -2.36. The molecule has 0 fully saturated rings.